The smallest absolute Gasteiger partial charge is 0.222 e. The van der Waals surface area contributed by atoms with Crippen molar-refractivity contribution in [3.8, 4) is 0 Å². The summed E-state index contributed by atoms with van der Waals surface area (Å²) in [5.41, 5.74) is 0. The van der Waals surface area contributed by atoms with Gasteiger partial charge in [-0.15, -0.1) is 0 Å². The van der Waals surface area contributed by atoms with Crippen molar-refractivity contribution in [2.45, 2.75) is 33.0 Å². The molecule has 28 heavy (non-hydrogen) atoms. The van der Waals surface area contributed by atoms with Gasteiger partial charge in [-0.05, 0) is 14.0 Å². The van der Waals surface area contributed by atoms with Gasteiger partial charge in [0.15, 0.2) is 0 Å². The van der Waals surface area contributed by atoms with Gasteiger partial charge in [0.2, 0.25) is 5.91 Å². The highest BCUT2D eigenvalue weighted by molar-refractivity contribution is 5.77. The topological polar surface area (TPSA) is 87.3 Å². The number of carbonyl (C=O) groups is 1. The monoisotopic (exact) mass is 410 g/mol. The van der Waals surface area contributed by atoms with Crippen LogP contribution < -0.4 is 10.6 Å². The molecule has 0 saturated heterocycles. The molecule has 0 radical (unpaired) electrons. The van der Waals surface area contributed by atoms with Crippen LogP contribution in [0.1, 0.15) is 20.8 Å². The molecule has 0 saturated carbocycles. The van der Waals surface area contributed by atoms with Gasteiger partial charge in [-0.1, -0.05) is 13.8 Å². The molecule has 0 spiro atoms. The van der Waals surface area contributed by atoms with Crippen LogP contribution in [0.3, 0.4) is 0 Å². The summed E-state index contributed by atoms with van der Waals surface area (Å²) in [6, 6.07) is 0. The van der Waals surface area contributed by atoms with E-state index in [4.69, 9.17) is 23.7 Å². The molecule has 1 amide bonds. The number of hydrogen-bond acceptors (Lipinski definition) is 7. The largest absolute Gasteiger partial charge is 0.378 e. The minimum Gasteiger partial charge on any atom is -0.378 e. The summed E-state index contributed by atoms with van der Waals surface area (Å²) < 4.78 is 40.7. The van der Waals surface area contributed by atoms with Crippen molar-refractivity contribution in [2.24, 2.45) is 5.92 Å². The summed E-state index contributed by atoms with van der Waals surface area (Å²) in [7, 11) is 1.88. The molecule has 0 aromatic carbocycles. The van der Waals surface area contributed by atoms with E-state index in [-0.39, 0.29) is 25.0 Å². The van der Waals surface area contributed by atoms with Crippen molar-refractivity contribution >= 4 is 5.91 Å². The van der Waals surface area contributed by atoms with Crippen LogP contribution in [0, 0.1) is 5.92 Å². The fraction of sp³-hybridized carbons (Fsp3) is 0.947. The van der Waals surface area contributed by atoms with Gasteiger partial charge >= 0.3 is 0 Å². The number of likely N-dealkylation sites (N-methyl/N-ethyl adjacent to an activating group) is 1. The molecule has 0 aliphatic rings. The number of carbonyl (C=O) groups excluding carboxylic acids is 1. The lowest BCUT2D eigenvalue weighted by Crippen LogP contribution is -2.38. The number of halogens is 1. The van der Waals surface area contributed by atoms with Gasteiger partial charge in [0.05, 0.1) is 72.1 Å². The third-order valence-electron chi connectivity index (χ3n) is 3.73. The normalized spacial score (nSPS) is 13.6. The molecule has 0 aliphatic heterocycles. The Bertz CT molecular complexity index is 363. The molecule has 0 fully saturated rings. The maximum absolute atomic E-state index is 13.9. The second-order valence-corrected chi connectivity index (χ2v) is 6.54. The minimum absolute atomic E-state index is 0.0446. The quantitative estimate of drug-likeness (QED) is 0.287. The first-order chi connectivity index (χ1) is 13.5. The summed E-state index contributed by atoms with van der Waals surface area (Å²) in [5.74, 6) is -0.325. The summed E-state index contributed by atoms with van der Waals surface area (Å²) in [5, 5.41) is 5.55. The lowest BCUT2D eigenvalue weighted by molar-refractivity contribution is -0.124. The highest BCUT2D eigenvalue weighted by Crippen LogP contribution is 2.03. The molecule has 2 unspecified atom stereocenters. The predicted molar refractivity (Wildman–Crippen MR) is 105 cm³/mol. The van der Waals surface area contributed by atoms with Crippen molar-refractivity contribution in [3.05, 3.63) is 0 Å². The van der Waals surface area contributed by atoms with E-state index >= 15 is 0 Å². The third-order valence-corrected chi connectivity index (χ3v) is 3.73. The Morgan fingerprint density at radius 2 is 1.29 bits per heavy atom. The second-order valence-electron chi connectivity index (χ2n) is 6.54. The van der Waals surface area contributed by atoms with Crippen LogP contribution in [0.4, 0.5) is 4.39 Å². The van der Waals surface area contributed by atoms with E-state index in [2.05, 4.69) is 10.6 Å². The summed E-state index contributed by atoms with van der Waals surface area (Å²) in [6.45, 7) is 10.3. The molecule has 0 aromatic rings. The number of rotatable bonds is 20. The standard InChI is InChI=1S/C19H39FN2O6/c1-16(2)19(23)22-15-18(20)17(3)28-14-13-27-12-11-26-10-9-25-8-7-24-6-5-21-4/h16-18,21H,5-15H2,1-4H3,(H,22,23). The second kappa shape index (κ2) is 19.5. The molecule has 2 N–H and O–H groups in total. The fourth-order valence-corrected chi connectivity index (χ4v) is 1.90. The Morgan fingerprint density at radius 1 is 0.821 bits per heavy atom. The van der Waals surface area contributed by atoms with Gasteiger partial charge in [0.25, 0.3) is 0 Å². The van der Waals surface area contributed by atoms with Crippen molar-refractivity contribution in [1.82, 2.24) is 10.6 Å². The molecule has 0 bridgehead atoms. The van der Waals surface area contributed by atoms with Crippen LogP contribution in [0.15, 0.2) is 0 Å². The Hall–Kier alpha value is -0.840. The van der Waals surface area contributed by atoms with E-state index in [9.17, 15) is 9.18 Å². The molecule has 2 atom stereocenters. The SMILES string of the molecule is CNCCOCCOCCOCCOCCOC(C)C(F)CNC(=O)C(C)C. The summed E-state index contributed by atoms with van der Waals surface area (Å²) in [4.78, 5) is 11.4. The minimum atomic E-state index is -1.25. The van der Waals surface area contributed by atoms with Crippen LogP contribution in [-0.4, -0.2) is 97.8 Å². The maximum atomic E-state index is 13.9. The zero-order chi connectivity index (χ0) is 21.0. The molecule has 0 rings (SSSR count). The molecular formula is C19H39FN2O6. The first kappa shape index (κ1) is 27.2. The Balaban J connectivity index is 3.33. The van der Waals surface area contributed by atoms with Crippen LogP contribution in [0.25, 0.3) is 0 Å². The average Bonchev–Trinajstić information content (AvgIpc) is 2.68. The zero-order valence-corrected chi connectivity index (χ0v) is 17.8. The van der Waals surface area contributed by atoms with Gasteiger partial charge in [0, 0.05) is 12.5 Å². The highest BCUT2D eigenvalue weighted by Gasteiger charge is 2.18. The van der Waals surface area contributed by atoms with Gasteiger partial charge in [-0.25, -0.2) is 4.39 Å². The van der Waals surface area contributed by atoms with E-state index in [1.54, 1.807) is 20.8 Å². The van der Waals surface area contributed by atoms with Crippen molar-refractivity contribution < 1.29 is 32.9 Å². The third kappa shape index (κ3) is 17.3. The fourth-order valence-electron chi connectivity index (χ4n) is 1.90. The molecule has 168 valence electrons. The van der Waals surface area contributed by atoms with E-state index in [1.807, 2.05) is 7.05 Å². The number of amides is 1. The molecular weight excluding hydrogens is 371 g/mol. The first-order valence-corrected chi connectivity index (χ1v) is 9.98. The van der Waals surface area contributed by atoms with Gasteiger partial charge in [0.1, 0.15) is 6.17 Å². The Morgan fingerprint density at radius 3 is 1.75 bits per heavy atom. The number of nitrogens with one attached hydrogen (secondary N) is 2. The molecule has 0 aliphatic carbocycles. The van der Waals surface area contributed by atoms with Crippen molar-refractivity contribution in [3.63, 3.8) is 0 Å². The predicted octanol–water partition coefficient (Wildman–Crippen LogP) is 0.788. The zero-order valence-electron chi connectivity index (χ0n) is 17.8. The summed E-state index contributed by atoms with van der Waals surface area (Å²) >= 11 is 0. The first-order valence-electron chi connectivity index (χ1n) is 9.98. The molecule has 0 aromatic heterocycles. The van der Waals surface area contributed by atoms with Crippen LogP contribution in [-0.2, 0) is 28.5 Å². The Labute approximate surface area is 168 Å². The number of ether oxygens (including phenoxy) is 5. The van der Waals surface area contributed by atoms with E-state index in [0.717, 1.165) is 6.54 Å². The maximum Gasteiger partial charge on any atom is 0.222 e. The van der Waals surface area contributed by atoms with Gasteiger partial charge in [-0.3, -0.25) is 4.79 Å². The molecule has 8 nitrogen and oxygen atoms in total. The van der Waals surface area contributed by atoms with E-state index in [1.165, 1.54) is 0 Å². The summed E-state index contributed by atoms with van der Waals surface area (Å²) in [6.07, 6.45) is -1.86. The molecule has 0 heterocycles. The van der Waals surface area contributed by atoms with Gasteiger partial charge in [-0.2, -0.15) is 0 Å². The molecule has 9 heteroatoms. The van der Waals surface area contributed by atoms with Crippen LogP contribution in [0.2, 0.25) is 0 Å². The van der Waals surface area contributed by atoms with Crippen LogP contribution in [0.5, 0.6) is 0 Å². The lowest BCUT2D eigenvalue weighted by Gasteiger charge is -2.18. The van der Waals surface area contributed by atoms with Crippen molar-refractivity contribution in [2.75, 3.05) is 79.6 Å². The average molecular weight is 411 g/mol. The number of alkyl halides is 1. The highest BCUT2D eigenvalue weighted by atomic mass is 19.1. The van der Waals surface area contributed by atoms with Gasteiger partial charge < -0.3 is 34.3 Å². The van der Waals surface area contributed by atoms with E-state index in [0.29, 0.717) is 52.9 Å². The van der Waals surface area contributed by atoms with E-state index < -0.39 is 12.3 Å². The van der Waals surface area contributed by atoms with Crippen LogP contribution >= 0.6 is 0 Å². The Kier molecular flexibility index (Phi) is 18.9. The lowest BCUT2D eigenvalue weighted by atomic mass is 10.2. The number of hydrogen-bond donors (Lipinski definition) is 2. The van der Waals surface area contributed by atoms with Crippen molar-refractivity contribution in [1.29, 1.82) is 0 Å².